The van der Waals surface area contributed by atoms with Crippen LogP contribution < -0.4 is 10.6 Å². The van der Waals surface area contributed by atoms with Crippen molar-refractivity contribution in [1.82, 2.24) is 5.32 Å². The summed E-state index contributed by atoms with van der Waals surface area (Å²) in [5.74, 6) is 0.0119. The molecule has 1 amide bonds. The van der Waals surface area contributed by atoms with E-state index in [1.54, 1.807) is 24.3 Å². The van der Waals surface area contributed by atoms with E-state index in [1.807, 2.05) is 6.07 Å². The first-order chi connectivity index (χ1) is 10.7. The van der Waals surface area contributed by atoms with E-state index in [0.717, 1.165) is 25.1 Å². The molecule has 22 heavy (non-hydrogen) atoms. The summed E-state index contributed by atoms with van der Waals surface area (Å²) in [5.41, 5.74) is 2.13. The van der Waals surface area contributed by atoms with E-state index >= 15 is 0 Å². The predicted molar refractivity (Wildman–Crippen MR) is 92.3 cm³/mol. The molecular formula is C18H21ClN2O. The maximum Gasteiger partial charge on any atom is 0.225 e. The van der Waals surface area contributed by atoms with E-state index in [4.69, 9.17) is 11.6 Å². The van der Waals surface area contributed by atoms with Gasteiger partial charge in [-0.25, -0.2) is 0 Å². The summed E-state index contributed by atoms with van der Waals surface area (Å²) in [4.78, 5) is 11.8. The first-order valence-electron chi connectivity index (χ1n) is 7.54. The first-order valence-corrected chi connectivity index (χ1v) is 7.92. The van der Waals surface area contributed by atoms with Gasteiger partial charge in [-0.2, -0.15) is 0 Å². The molecule has 0 aliphatic carbocycles. The molecule has 2 aromatic rings. The highest BCUT2D eigenvalue weighted by Crippen LogP contribution is 2.13. The van der Waals surface area contributed by atoms with Crippen LogP contribution in [0.25, 0.3) is 0 Å². The fraction of sp³-hybridized carbons (Fsp3) is 0.278. The minimum absolute atomic E-state index is 0.0119. The maximum atomic E-state index is 11.8. The molecule has 0 aliphatic heterocycles. The molecule has 2 rings (SSSR count). The van der Waals surface area contributed by atoms with Gasteiger partial charge in [0.25, 0.3) is 0 Å². The van der Waals surface area contributed by atoms with Gasteiger partial charge in [0.05, 0.1) is 0 Å². The number of hydrogen-bond acceptors (Lipinski definition) is 2. The zero-order valence-corrected chi connectivity index (χ0v) is 13.3. The van der Waals surface area contributed by atoms with Crippen LogP contribution in [0.5, 0.6) is 0 Å². The third-order valence-corrected chi connectivity index (χ3v) is 3.57. The Balaban J connectivity index is 1.54. The number of carbonyl (C=O) groups is 1. The van der Waals surface area contributed by atoms with Gasteiger partial charge in [-0.1, -0.05) is 41.9 Å². The molecule has 116 valence electrons. The number of carbonyl (C=O) groups excluding carboxylic acids is 1. The Kier molecular flexibility index (Phi) is 6.94. The normalized spacial score (nSPS) is 10.4. The molecular weight excluding hydrogens is 296 g/mol. The molecule has 0 aliphatic rings. The Morgan fingerprint density at radius 1 is 0.955 bits per heavy atom. The minimum atomic E-state index is 0.0119. The predicted octanol–water partition coefficient (Wildman–Crippen LogP) is 3.89. The quantitative estimate of drug-likeness (QED) is 0.725. The average Bonchev–Trinajstić information content (AvgIpc) is 2.54. The van der Waals surface area contributed by atoms with Gasteiger partial charge in [-0.3, -0.25) is 4.79 Å². The third kappa shape index (κ3) is 6.29. The van der Waals surface area contributed by atoms with Crippen LogP contribution in [0.2, 0.25) is 5.02 Å². The maximum absolute atomic E-state index is 11.8. The molecule has 2 aromatic carbocycles. The number of anilines is 1. The van der Waals surface area contributed by atoms with Crippen LogP contribution in [0.4, 0.5) is 5.69 Å². The molecule has 0 saturated heterocycles. The molecule has 0 bridgehead atoms. The Bertz CT molecular complexity index is 569. The third-order valence-electron chi connectivity index (χ3n) is 3.32. The molecule has 0 unspecified atom stereocenters. The van der Waals surface area contributed by atoms with Crippen LogP contribution in [-0.4, -0.2) is 19.0 Å². The smallest absolute Gasteiger partial charge is 0.225 e. The summed E-state index contributed by atoms with van der Waals surface area (Å²) >= 11 is 5.80. The topological polar surface area (TPSA) is 41.1 Å². The summed E-state index contributed by atoms with van der Waals surface area (Å²) in [7, 11) is 0. The van der Waals surface area contributed by atoms with Crippen molar-refractivity contribution in [3.8, 4) is 0 Å². The number of hydrogen-bond donors (Lipinski definition) is 2. The highest BCUT2D eigenvalue weighted by Gasteiger charge is 2.01. The Hall–Kier alpha value is -1.84. The van der Waals surface area contributed by atoms with Gasteiger partial charge < -0.3 is 10.6 Å². The number of amides is 1. The number of nitrogens with one attached hydrogen (secondary N) is 2. The van der Waals surface area contributed by atoms with Gasteiger partial charge in [-0.05, 0) is 49.2 Å². The zero-order chi connectivity index (χ0) is 15.6. The SMILES string of the molecule is O=C(CCNCCCc1ccccc1)Nc1ccc(Cl)cc1. The van der Waals surface area contributed by atoms with Crippen molar-refractivity contribution in [3.05, 3.63) is 65.2 Å². The second kappa shape index (κ2) is 9.23. The van der Waals surface area contributed by atoms with Gasteiger partial charge in [-0.15, -0.1) is 0 Å². The molecule has 0 aromatic heterocycles. The van der Waals surface area contributed by atoms with Gasteiger partial charge in [0.15, 0.2) is 0 Å². The standard InChI is InChI=1S/C18H21ClN2O/c19-16-8-10-17(11-9-16)21-18(22)12-14-20-13-4-7-15-5-2-1-3-6-15/h1-3,5-6,8-11,20H,4,7,12-14H2,(H,21,22). The molecule has 4 heteroatoms. The van der Waals surface area contributed by atoms with Crippen LogP contribution >= 0.6 is 11.6 Å². The second-order valence-corrected chi connectivity index (χ2v) is 5.58. The molecule has 0 atom stereocenters. The van der Waals surface area contributed by atoms with Crippen LogP contribution in [0.1, 0.15) is 18.4 Å². The Morgan fingerprint density at radius 2 is 1.68 bits per heavy atom. The van der Waals surface area contributed by atoms with Crippen molar-refractivity contribution in [2.24, 2.45) is 0 Å². The molecule has 3 nitrogen and oxygen atoms in total. The van der Waals surface area contributed by atoms with E-state index in [-0.39, 0.29) is 5.91 Å². The summed E-state index contributed by atoms with van der Waals surface area (Å²) in [6.07, 6.45) is 2.60. The Labute approximate surface area is 136 Å². The fourth-order valence-corrected chi connectivity index (χ4v) is 2.27. The van der Waals surface area contributed by atoms with E-state index < -0.39 is 0 Å². The molecule has 0 spiro atoms. The van der Waals surface area contributed by atoms with Gasteiger partial charge >= 0.3 is 0 Å². The first kappa shape index (κ1) is 16.5. The van der Waals surface area contributed by atoms with Crippen LogP contribution in [0.15, 0.2) is 54.6 Å². The lowest BCUT2D eigenvalue weighted by atomic mass is 10.1. The summed E-state index contributed by atoms with van der Waals surface area (Å²) in [6, 6.07) is 17.5. The lowest BCUT2D eigenvalue weighted by molar-refractivity contribution is -0.116. The highest BCUT2D eigenvalue weighted by atomic mass is 35.5. The number of rotatable bonds is 8. The van der Waals surface area contributed by atoms with Gasteiger partial charge in [0.1, 0.15) is 0 Å². The molecule has 0 radical (unpaired) electrons. The monoisotopic (exact) mass is 316 g/mol. The lowest BCUT2D eigenvalue weighted by Gasteiger charge is -2.07. The van der Waals surface area contributed by atoms with Crippen LogP contribution in [-0.2, 0) is 11.2 Å². The van der Waals surface area contributed by atoms with E-state index in [9.17, 15) is 4.79 Å². The van der Waals surface area contributed by atoms with Crippen molar-refractivity contribution < 1.29 is 4.79 Å². The average molecular weight is 317 g/mol. The summed E-state index contributed by atoms with van der Waals surface area (Å²) in [6.45, 7) is 1.61. The van der Waals surface area contributed by atoms with Crippen LogP contribution in [0, 0.1) is 0 Å². The van der Waals surface area contributed by atoms with E-state index in [1.165, 1.54) is 5.56 Å². The summed E-state index contributed by atoms with van der Waals surface area (Å²) in [5, 5.41) is 6.81. The zero-order valence-electron chi connectivity index (χ0n) is 12.5. The number of benzene rings is 2. The molecule has 0 fully saturated rings. The van der Waals surface area contributed by atoms with Gasteiger partial charge in [0, 0.05) is 23.7 Å². The van der Waals surface area contributed by atoms with E-state index in [0.29, 0.717) is 18.0 Å². The minimum Gasteiger partial charge on any atom is -0.326 e. The number of aryl methyl sites for hydroxylation is 1. The van der Waals surface area contributed by atoms with Crippen molar-refractivity contribution in [2.45, 2.75) is 19.3 Å². The number of halogens is 1. The second-order valence-electron chi connectivity index (χ2n) is 5.14. The molecule has 0 saturated carbocycles. The highest BCUT2D eigenvalue weighted by molar-refractivity contribution is 6.30. The van der Waals surface area contributed by atoms with Crippen LogP contribution in [0.3, 0.4) is 0 Å². The fourth-order valence-electron chi connectivity index (χ4n) is 2.15. The molecule has 0 heterocycles. The largest absolute Gasteiger partial charge is 0.326 e. The summed E-state index contributed by atoms with van der Waals surface area (Å²) < 4.78 is 0. The van der Waals surface area contributed by atoms with Crippen molar-refractivity contribution in [3.63, 3.8) is 0 Å². The Morgan fingerprint density at radius 3 is 2.41 bits per heavy atom. The van der Waals surface area contributed by atoms with Crippen molar-refractivity contribution in [1.29, 1.82) is 0 Å². The van der Waals surface area contributed by atoms with Gasteiger partial charge in [0.2, 0.25) is 5.91 Å². The van der Waals surface area contributed by atoms with E-state index in [2.05, 4.69) is 34.9 Å². The lowest BCUT2D eigenvalue weighted by Crippen LogP contribution is -2.22. The van der Waals surface area contributed by atoms with Crippen molar-refractivity contribution in [2.75, 3.05) is 18.4 Å². The van der Waals surface area contributed by atoms with Crippen molar-refractivity contribution >= 4 is 23.2 Å². The molecule has 2 N–H and O–H groups in total.